The van der Waals surface area contributed by atoms with Crippen LogP contribution >= 0.6 is 11.6 Å². The second-order valence-electron chi connectivity index (χ2n) is 5.35. The molecular weight excluding hydrogens is 267 g/mol. The summed E-state index contributed by atoms with van der Waals surface area (Å²) >= 11 is 5.73. The molecule has 0 saturated carbocycles. The molecule has 0 aliphatic rings. The maximum atomic E-state index is 13.8. The zero-order valence-corrected chi connectivity index (χ0v) is 11.9. The zero-order chi connectivity index (χ0) is 14.0. The lowest BCUT2D eigenvalue weighted by Crippen LogP contribution is -2.35. The van der Waals surface area contributed by atoms with E-state index in [1.165, 1.54) is 12.3 Å². The molecule has 0 fully saturated rings. The molecule has 0 aliphatic heterocycles. The van der Waals surface area contributed by atoms with E-state index in [0.717, 1.165) is 5.69 Å². The third-order valence-corrected chi connectivity index (χ3v) is 2.83. The van der Waals surface area contributed by atoms with Gasteiger partial charge in [0.25, 0.3) is 0 Å². The molecule has 0 bridgehead atoms. The average molecular weight is 283 g/mol. The van der Waals surface area contributed by atoms with Crippen LogP contribution in [0.1, 0.15) is 26.5 Å². The van der Waals surface area contributed by atoms with Crippen LogP contribution in [0.5, 0.6) is 0 Å². The summed E-state index contributed by atoms with van der Waals surface area (Å²) in [6.07, 6.45) is 1.52. The lowest BCUT2D eigenvalue weighted by molar-refractivity contribution is 0.421. The fourth-order valence-corrected chi connectivity index (χ4v) is 1.71. The van der Waals surface area contributed by atoms with Crippen molar-refractivity contribution < 1.29 is 8.81 Å². The highest BCUT2D eigenvalue weighted by Crippen LogP contribution is 2.26. The van der Waals surface area contributed by atoms with Gasteiger partial charge < -0.3 is 9.73 Å². The van der Waals surface area contributed by atoms with Crippen molar-refractivity contribution in [2.45, 2.75) is 32.9 Å². The molecule has 19 heavy (non-hydrogen) atoms. The van der Waals surface area contributed by atoms with Gasteiger partial charge in [0.2, 0.25) is 5.89 Å². The first-order valence-electron chi connectivity index (χ1n) is 6.00. The summed E-state index contributed by atoms with van der Waals surface area (Å²) < 4.78 is 19.1. The van der Waals surface area contributed by atoms with Gasteiger partial charge in [0, 0.05) is 12.1 Å². The van der Waals surface area contributed by atoms with E-state index >= 15 is 0 Å². The summed E-state index contributed by atoms with van der Waals surface area (Å²) in [6, 6.07) is 4.75. The highest BCUT2D eigenvalue weighted by atomic mass is 35.5. The summed E-state index contributed by atoms with van der Waals surface area (Å²) in [5.41, 5.74) is 0.985. The van der Waals surface area contributed by atoms with E-state index in [-0.39, 0.29) is 22.0 Å². The minimum atomic E-state index is -0.513. The van der Waals surface area contributed by atoms with Crippen LogP contribution in [0, 0.1) is 5.82 Å². The smallest absolute Gasteiger partial charge is 0.229 e. The van der Waals surface area contributed by atoms with Crippen LogP contribution < -0.4 is 5.32 Å². The molecule has 0 unspecified atom stereocenters. The van der Waals surface area contributed by atoms with Crippen molar-refractivity contribution >= 4 is 11.6 Å². The Kier molecular flexibility index (Phi) is 3.92. The number of rotatable bonds is 3. The minimum Gasteiger partial charge on any atom is -0.444 e. The van der Waals surface area contributed by atoms with Crippen LogP contribution in [0.3, 0.4) is 0 Å². The standard InChI is InChI=1S/C14H16ClFN2O/c1-14(2,3)17-7-9-8-19-13(18-9)10-5-4-6-11(15)12(10)16/h4-6,8,17H,7H2,1-3H3. The molecule has 1 N–H and O–H groups in total. The van der Waals surface area contributed by atoms with E-state index in [0.29, 0.717) is 6.54 Å². The van der Waals surface area contributed by atoms with Crippen molar-refractivity contribution in [1.29, 1.82) is 0 Å². The SMILES string of the molecule is CC(C)(C)NCc1coc(-c2cccc(Cl)c2F)n1. The van der Waals surface area contributed by atoms with Gasteiger partial charge in [-0.15, -0.1) is 0 Å². The molecule has 1 aromatic heterocycles. The molecule has 5 heteroatoms. The van der Waals surface area contributed by atoms with Crippen LogP contribution in [0.25, 0.3) is 11.5 Å². The quantitative estimate of drug-likeness (QED) is 0.924. The number of nitrogens with one attached hydrogen (secondary N) is 1. The first-order valence-corrected chi connectivity index (χ1v) is 6.38. The molecule has 1 heterocycles. The molecule has 0 radical (unpaired) electrons. The molecule has 0 spiro atoms. The molecule has 0 amide bonds. The lowest BCUT2D eigenvalue weighted by Gasteiger charge is -2.19. The van der Waals surface area contributed by atoms with E-state index in [4.69, 9.17) is 16.0 Å². The Bertz CT molecular complexity index is 575. The molecule has 102 valence electrons. The van der Waals surface area contributed by atoms with E-state index < -0.39 is 5.82 Å². The number of oxazole rings is 1. The molecule has 0 atom stereocenters. The van der Waals surface area contributed by atoms with Gasteiger partial charge in [0.1, 0.15) is 6.26 Å². The third kappa shape index (κ3) is 3.55. The Labute approximate surface area is 116 Å². The van der Waals surface area contributed by atoms with Gasteiger partial charge in [-0.2, -0.15) is 0 Å². The lowest BCUT2D eigenvalue weighted by atomic mass is 10.1. The predicted octanol–water partition coefficient (Wildman–Crippen LogP) is 4.02. The Hall–Kier alpha value is -1.39. The average Bonchev–Trinajstić information content (AvgIpc) is 2.78. The zero-order valence-electron chi connectivity index (χ0n) is 11.1. The first-order chi connectivity index (χ1) is 8.87. The number of benzene rings is 1. The molecule has 2 rings (SSSR count). The van der Waals surface area contributed by atoms with Crippen LogP contribution in [0.4, 0.5) is 4.39 Å². The molecule has 0 aliphatic carbocycles. The van der Waals surface area contributed by atoms with Gasteiger partial charge in [-0.3, -0.25) is 0 Å². The first kappa shape index (κ1) is 14.0. The number of aromatic nitrogens is 1. The van der Waals surface area contributed by atoms with E-state index in [9.17, 15) is 4.39 Å². The maximum Gasteiger partial charge on any atom is 0.229 e. The normalized spacial score (nSPS) is 11.8. The summed E-state index contributed by atoms with van der Waals surface area (Å²) in [5.74, 6) is -0.271. The monoisotopic (exact) mass is 282 g/mol. The van der Waals surface area contributed by atoms with Gasteiger partial charge in [0.15, 0.2) is 5.82 Å². The molecule has 3 nitrogen and oxygen atoms in total. The minimum absolute atomic E-state index is 0.0135. The van der Waals surface area contributed by atoms with Gasteiger partial charge in [-0.1, -0.05) is 17.7 Å². The van der Waals surface area contributed by atoms with Crippen molar-refractivity contribution in [2.24, 2.45) is 0 Å². The van der Waals surface area contributed by atoms with E-state index in [2.05, 4.69) is 31.1 Å². The second-order valence-corrected chi connectivity index (χ2v) is 5.76. The van der Waals surface area contributed by atoms with Gasteiger partial charge >= 0.3 is 0 Å². The topological polar surface area (TPSA) is 38.1 Å². The van der Waals surface area contributed by atoms with Gasteiger partial charge in [0.05, 0.1) is 16.3 Å². The van der Waals surface area contributed by atoms with Crippen LogP contribution in [-0.2, 0) is 6.54 Å². The number of hydrogen-bond acceptors (Lipinski definition) is 3. The van der Waals surface area contributed by atoms with Gasteiger partial charge in [-0.05, 0) is 32.9 Å². The summed E-state index contributed by atoms with van der Waals surface area (Å²) in [7, 11) is 0. The van der Waals surface area contributed by atoms with E-state index in [1.54, 1.807) is 12.1 Å². The van der Waals surface area contributed by atoms with Crippen molar-refractivity contribution in [3.8, 4) is 11.5 Å². The summed E-state index contributed by atoms with van der Waals surface area (Å²) in [4.78, 5) is 4.26. The third-order valence-electron chi connectivity index (χ3n) is 2.53. The Morgan fingerprint density at radius 1 is 1.37 bits per heavy atom. The van der Waals surface area contributed by atoms with Crippen LogP contribution in [-0.4, -0.2) is 10.5 Å². The second kappa shape index (κ2) is 5.31. The number of halogens is 2. The Balaban J connectivity index is 2.19. The van der Waals surface area contributed by atoms with Crippen molar-refractivity contribution in [2.75, 3.05) is 0 Å². The Morgan fingerprint density at radius 2 is 2.11 bits per heavy atom. The fraction of sp³-hybridized carbons (Fsp3) is 0.357. The highest BCUT2D eigenvalue weighted by molar-refractivity contribution is 6.31. The number of hydrogen-bond donors (Lipinski definition) is 1. The van der Waals surface area contributed by atoms with Crippen molar-refractivity contribution in [3.63, 3.8) is 0 Å². The molecule has 2 aromatic rings. The van der Waals surface area contributed by atoms with Crippen LogP contribution in [0.2, 0.25) is 5.02 Å². The summed E-state index contributed by atoms with van der Waals surface area (Å²) in [6.45, 7) is 6.75. The van der Waals surface area contributed by atoms with Crippen molar-refractivity contribution in [3.05, 3.63) is 41.0 Å². The fourth-order valence-electron chi connectivity index (χ4n) is 1.54. The molecule has 0 saturated heterocycles. The molecular formula is C14H16ClFN2O. The van der Waals surface area contributed by atoms with E-state index in [1.807, 2.05) is 0 Å². The van der Waals surface area contributed by atoms with Crippen molar-refractivity contribution in [1.82, 2.24) is 10.3 Å². The molecule has 1 aromatic carbocycles. The highest BCUT2D eigenvalue weighted by Gasteiger charge is 2.15. The largest absolute Gasteiger partial charge is 0.444 e. The number of nitrogens with zero attached hydrogens (tertiary/aromatic N) is 1. The predicted molar refractivity (Wildman–Crippen MR) is 73.5 cm³/mol. The van der Waals surface area contributed by atoms with Gasteiger partial charge in [-0.25, -0.2) is 9.37 Å². The Morgan fingerprint density at radius 3 is 2.79 bits per heavy atom. The summed E-state index contributed by atoms with van der Waals surface area (Å²) in [5, 5.41) is 3.35. The van der Waals surface area contributed by atoms with Crippen LogP contribution in [0.15, 0.2) is 28.9 Å². The maximum absolute atomic E-state index is 13.8.